The van der Waals surface area contributed by atoms with Crippen LogP contribution in [0, 0.1) is 28.6 Å². The van der Waals surface area contributed by atoms with Gasteiger partial charge in [-0.15, -0.1) is 0 Å². The van der Waals surface area contributed by atoms with Crippen LogP contribution in [0.25, 0.3) is 0 Å². The van der Waals surface area contributed by atoms with E-state index in [0.29, 0.717) is 25.7 Å². The third kappa shape index (κ3) is 3.76. The van der Waals surface area contributed by atoms with Crippen molar-refractivity contribution in [1.82, 2.24) is 0 Å². The van der Waals surface area contributed by atoms with E-state index >= 15 is 0 Å². The number of carbonyl (C=O) groups excluding carboxylic acids is 3. The number of ketones is 3. The monoisotopic (exact) mass is 454 g/mol. The minimum absolute atomic E-state index is 0.0342. The van der Waals surface area contributed by atoms with Gasteiger partial charge in [-0.1, -0.05) is 31.1 Å². The van der Waals surface area contributed by atoms with Gasteiger partial charge in [-0.05, 0) is 75.5 Å². The zero-order chi connectivity index (χ0) is 24.2. The Hall–Kier alpha value is -2.34. The van der Waals surface area contributed by atoms with Crippen molar-refractivity contribution < 1.29 is 29.4 Å². The Labute approximate surface area is 194 Å². The van der Waals surface area contributed by atoms with E-state index in [9.17, 15) is 29.4 Å². The minimum Gasteiger partial charge on any atom is -0.481 e. The number of carbonyl (C=O) groups is 4. The molecule has 0 radical (unpaired) electrons. The number of rotatable bonds is 6. The van der Waals surface area contributed by atoms with Gasteiger partial charge in [0, 0.05) is 29.6 Å². The summed E-state index contributed by atoms with van der Waals surface area (Å²) in [7, 11) is 0. The predicted molar refractivity (Wildman–Crippen MR) is 122 cm³/mol. The average molecular weight is 455 g/mol. The van der Waals surface area contributed by atoms with E-state index in [1.807, 2.05) is 6.92 Å². The van der Waals surface area contributed by atoms with Crippen LogP contribution >= 0.6 is 0 Å². The zero-order valence-corrected chi connectivity index (χ0v) is 19.7. The van der Waals surface area contributed by atoms with Crippen LogP contribution in [0.3, 0.4) is 0 Å². The molecule has 0 heterocycles. The molecule has 4 aliphatic rings. The number of allylic oxidation sites excluding steroid dienone is 6. The fourth-order valence-corrected chi connectivity index (χ4v) is 7.29. The van der Waals surface area contributed by atoms with Crippen LogP contribution < -0.4 is 0 Å². The molecule has 0 unspecified atom stereocenters. The van der Waals surface area contributed by atoms with Crippen molar-refractivity contribution in [2.75, 3.05) is 0 Å². The lowest BCUT2D eigenvalue weighted by Crippen LogP contribution is -2.53. The van der Waals surface area contributed by atoms with Crippen molar-refractivity contribution >= 4 is 23.3 Å². The first-order valence-electron chi connectivity index (χ1n) is 12.0. The summed E-state index contributed by atoms with van der Waals surface area (Å²) < 4.78 is 0. The standard InChI is InChI=1S/C27H34O6/c1-16(28)4-5-22(30)19-15-17-14-18(29)6-10-25(17,2)20-7-11-26(3)21(24(19)20)8-12-27(26,33)13-9-23(31)32/h4-5,7,14,19,21,24,33H,6,8-13,15H2,1-3H3,(H,31,32)/b5-4+/t19-,21-,24+,25-,26-,27+/m0/s1. The smallest absolute Gasteiger partial charge is 0.303 e. The molecule has 0 saturated heterocycles. The van der Waals surface area contributed by atoms with Gasteiger partial charge in [0.2, 0.25) is 0 Å². The molecule has 0 amide bonds. The topological polar surface area (TPSA) is 109 Å². The highest BCUT2D eigenvalue weighted by Crippen LogP contribution is 2.67. The second kappa shape index (κ2) is 8.15. The highest BCUT2D eigenvalue weighted by Gasteiger charge is 2.63. The molecular weight excluding hydrogens is 420 g/mol. The van der Waals surface area contributed by atoms with Gasteiger partial charge >= 0.3 is 5.97 Å². The van der Waals surface area contributed by atoms with Crippen molar-refractivity contribution in [3.63, 3.8) is 0 Å². The molecule has 178 valence electrons. The molecule has 2 N–H and O–H groups in total. The summed E-state index contributed by atoms with van der Waals surface area (Å²) in [4.78, 5) is 48.3. The summed E-state index contributed by atoms with van der Waals surface area (Å²) in [5, 5.41) is 20.8. The quantitative estimate of drug-likeness (QED) is 0.464. The molecule has 0 aliphatic heterocycles. The maximum Gasteiger partial charge on any atom is 0.303 e. The van der Waals surface area contributed by atoms with Crippen LogP contribution in [-0.4, -0.2) is 39.1 Å². The molecule has 0 bridgehead atoms. The van der Waals surface area contributed by atoms with Crippen molar-refractivity contribution in [3.05, 3.63) is 35.5 Å². The molecule has 2 fully saturated rings. The fraction of sp³-hybridized carbons (Fsp3) is 0.630. The summed E-state index contributed by atoms with van der Waals surface area (Å²) in [6.45, 7) is 5.63. The Morgan fingerprint density at radius 2 is 1.91 bits per heavy atom. The van der Waals surface area contributed by atoms with E-state index in [-0.39, 0.29) is 47.4 Å². The van der Waals surface area contributed by atoms with E-state index in [1.165, 1.54) is 24.6 Å². The molecule has 0 aromatic heterocycles. The van der Waals surface area contributed by atoms with Gasteiger partial charge < -0.3 is 10.2 Å². The van der Waals surface area contributed by atoms with Gasteiger partial charge in [0.15, 0.2) is 17.3 Å². The lowest BCUT2D eigenvalue weighted by Gasteiger charge is -2.57. The molecule has 0 aromatic carbocycles. The molecule has 4 aliphatic carbocycles. The summed E-state index contributed by atoms with van der Waals surface area (Å²) in [6.07, 6.45) is 10.2. The lowest BCUT2D eigenvalue weighted by molar-refractivity contribution is -0.141. The van der Waals surface area contributed by atoms with Crippen LogP contribution in [0.15, 0.2) is 35.5 Å². The van der Waals surface area contributed by atoms with Crippen LogP contribution in [0.2, 0.25) is 0 Å². The zero-order valence-electron chi connectivity index (χ0n) is 19.7. The summed E-state index contributed by atoms with van der Waals surface area (Å²) >= 11 is 0. The number of carboxylic acids is 1. The maximum atomic E-state index is 13.4. The molecule has 33 heavy (non-hydrogen) atoms. The number of aliphatic hydroxyl groups is 1. The van der Waals surface area contributed by atoms with Gasteiger partial charge in [0.05, 0.1) is 5.60 Å². The molecule has 6 nitrogen and oxygen atoms in total. The molecular formula is C27H34O6. The lowest BCUT2D eigenvalue weighted by atomic mass is 9.47. The van der Waals surface area contributed by atoms with E-state index in [1.54, 1.807) is 6.08 Å². The molecule has 0 aromatic rings. The van der Waals surface area contributed by atoms with E-state index in [4.69, 9.17) is 0 Å². The SMILES string of the molecule is CC(=O)/C=C/C(=O)[C@@H]1CC2=CC(=O)CC[C@]2(C)C2=CC[C@@]3(C)[C@@H](CC[C@@]3(O)CCC(=O)O)[C@@H]21. The largest absolute Gasteiger partial charge is 0.481 e. The first kappa shape index (κ1) is 23.8. The summed E-state index contributed by atoms with van der Waals surface area (Å²) in [5.41, 5.74) is 0.288. The van der Waals surface area contributed by atoms with E-state index < -0.39 is 22.9 Å². The van der Waals surface area contributed by atoms with Crippen molar-refractivity contribution in [3.8, 4) is 0 Å². The number of hydrogen-bond acceptors (Lipinski definition) is 5. The summed E-state index contributed by atoms with van der Waals surface area (Å²) in [5.74, 6) is -1.59. The molecule has 6 atom stereocenters. The highest BCUT2D eigenvalue weighted by atomic mass is 16.4. The summed E-state index contributed by atoms with van der Waals surface area (Å²) in [6, 6.07) is 0. The van der Waals surface area contributed by atoms with E-state index in [0.717, 1.165) is 18.4 Å². The molecule has 4 rings (SSSR count). The molecule has 6 heteroatoms. The Bertz CT molecular complexity index is 1000. The van der Waals surface area contributed by atoms with Gasteiger partial charge in [-0.2, -0.15) is 0 Å². The molecule has 2 saturated carbocycles. The van der Waals surface area contributed by atoms with Crippen LogP contribution in [0.1, 0.15) is 72.1 Å². The Morgan fingerprint density at radius 1 is 1.18 bits per heavy atom. The highest BCUT2D eigenvalue weighted by molar-refractivity contribution is 5.99. The fourth-order valence-electron chi connectivity index (χ4n) is 7.29. The molecule has 0 spiro atoms. The number of hydrogen-bond donors (Lipinski definition) is 2. The first-order chi connectivity index (χ1) is 15.4. The van der Waals surface area contributed by atoms with Crippen molar-refractivity contribution in [1.29, 1.82) is 0 Å². The van der Waals surface area contributed by atoms with Crippen molar-refractivity contribution in [2.45, 2.75) is 77.7 Å². The van der Waals surface area contributed by atoms with Crippen LogP contribution in [-0.2, 0) is 19.2 Å². The third-order valence-electron chi connectivity index (χ3n) is 9.32. The maximum absolute atomic E-state index is 13.4. The van der Waals surface area contributed by atoms with Crippen LogP contribution in [0.5, 0.6) is 0 Å². The van der Waals surface area contributed by atoms with Gasteiger partial charge in [-0.3, -0.25) is 19.2 Å². The Kier molecular flexibility index (Phi) is 5.88. The Morgan fingerprint density at radius 3 is 2.58 bits per heavy atom. The number of aliphatic carboxylic acids is 1. The Balaban J connectivity index is 1.79. The normalized spacial score (nSPS) is 39.9. The second-order valence-electron chi connectivity index (χ2n) is 11.0. The van der Waals surface area contributed by atoms with Gasteiger partial charge in [0.25, 0.3) is 0 Å². The second-order valence-corrected chi connectivity index (χ2v) is 11.0. The third-order valence-corrected chi connectivity index (χ3v) is 9.32. The first-order valence-corrected chi connectivity index (χ1v) is 12.0. The minimum atomic E-state index is -1.10. The number of carboxylic acid groups (broad SMARTS) is 1. The predicted octanol–water partition coefficient (Wildman–Crippen LogP) is 3.97. The van der Waals surface area contributed by atoms with Gasteiger partial charge in [-0.25, -0.2) is 0 Å². The van der Waals surface area contributed by atoms with E-state index in [2.05, 4.69) is 13.0 Å². The number of fused-ring (bicyclic) bond motifs is 5. The van der Waals surface area contributed by atoms with Crippen LogP contribution in [0.4, 0.5) is 0 Å². The van der Waals surface area contributed by atoms with Crippen molar-refractivity contribution in [2.24, 2.45) is 28.6 Å². The van der Waals surface area contributed by atoms with Gasteiger partial charge in [0.1, 0.15) is 0 Å². The average Bonchev–Trinajstić information content (AvgIpc) is 3.02.